The van der Waals surface area contributed by atoms with Gasteiger partial charge in [-0.15, -0.1) is 0 Å². The maximum absolute atomic E-state index is 12.7. The van der Waals surface area contributed by atoms with E-state index >= 15 is 0 Å². The number of hydrogen-bond acceptors (Lipinski definition) is 0. The summed E-state index contributed by atoms with van der Waals surface area (Å²) in [6.45, 7) is 0. The first-order chi connectivity index (χ1) is 5.46. The van der Waals surface area contributed by atoms with Crippen molar-refractivity contribution >= 4 is 23.2 Å². The Bertz CT molecular complexity index is 211. The lowest BCUT2D eigenvalue weighted by atomic mass is 10.2. The van der Waals surface area contributed by atoms with Crippen LogP contribution in [0.5, 0.6) is 0 Å². The second kappa shape index (κ2) is 2.39. The summed E-state index contributed by atoms with van der Waals surface area (Å²) >= 11 is 8.83. The van der Waals surface area contributed by atoms with Gasteiger partial charge in [0.05, 0.1) is 6.42 Å². The minimum Gasteiger partial charge on any atom is -0.221 e. The van der Waals surface area contributed by atoms with Gasteiger partial charge in [-0.1, -0.05) is 23.2 Å². The highest BCUT2D eigenvalue weighted by molar-refractivity contribution is 6.34. The fourth-order valence-corrected chi connectivity index (χ4v) is 1.45. The van der Waals surface area contributed by atoms with Gasteiger partial charge >= 0.3 is 11.8 Å². The molecule has 0 bridgehead atoms. The van der Waals surface area contributed by atoms with Crippen LogP contribution >= 0.6 is 23.2 Å². The maximum Gasteiger partial charge on any atom is 0.361 e. The van der Waals surface area contributed by atoms with Gasteiger partial charge in [0.1, 0.15) is 0 Å². The molecule has 0 radical (unpaired) electrons. The summed E-state index contributed by atoms with van der Waals surface area (Å²) in [6, 6.07) is 0. The molecule has 1 aliphatic carbocycles. The molecule has 1 saturated carbocycles. The Labute approximate surface area is 78.8 Å². The van der Waals surface area contributed by atoms with Crippen LogP contribution in [-0.4, -0.2) is 22.1 Å². The second-order valence-corrected chi connectivity index (χ2v) is 3.85. The molecule has 0 saturated heterocycles. The van der Waals surface area contributed by atoms with Gasteiger partial charge in [0.15, 0.2) is 0 Å². The highest BCUT2D eigenvalue weighted by Crippen LogP contribution is 2.64. The van der Waals surface area contributed by atoms with Gasteiger partial charge in [0.2, 0.25) is 5.13 Å². The van der Waals surface area contributed by atoms with Crippen LogP contribution in [0.25, 0.3) is 0 Å². The molecule has 1 aliphatic rings. The third-order valence-corrected chi connectivity index (χ3v) is 2.78. The molecule has 78 valence electrons. The predicted molar refractivity (Wildman–Crippen MR) is 33.9 cm³/mol. The molecule has 8 heteroatoms. The molecule has 0 unspecified atom stereocenters. The molecular weight excluding hydrogens is 245 g/mol. The molecular formula is C5H2Cl2F6. The topological polar surface area (TPSA) is 0 Å². The van der Waals surface area contributed by atoms with E-state index in [1.807, 2.05) is 0 Å². The van der Waals surface area contributed by atoms with E-state index in [1.165, 1.54) is 0 Å². The van der Waals surface area contributed by atoms with Crippen LogP contribution in [0.3, 0.4) is 0 Å². The Kier molecular flexibility index (Phi) is 2.07. The van der Waals surface area contributed by atoms with Gasteiger partial charge in [-0.05, 0) is 0 Å². The monoisotopic (exact) mass is 246 g/mol. The van der Waals surface area contributed by atoms with Crippen LogP contribution in [0.1, 0.15) is 6.42 Å². The van der Waals surface area contributed by atoms with Crippen molar-refractivity contribution in [2.24, 2.45) is 0 Å². The Balaban J connectivity index is 3.24. The number of hydrogen-bond donors (Lipinski definition) is 0. The maximum atomic E-state index is 12.7. The molecule has 2 atom stereocenters. The third kappa shape index (κ3) is 1.14. The molecule has 0 nitrogen and oxygen atoms in total. The average Bonchev–Trinajstić information content (AvgIpc) is 1.88. The summed E-state index contributed by atoms with van der Waals surface area (Å²) in [5, 5.41) is -8.56. The molecule has 1 rings (SSSR count). The van der Waals surface area contributed by atoms with Crippen molar-refractivity contribution in [3.8, 4) is 0 Å². The lowest BCUT2D eigenvalue weighted by molar-refractivity contribution is -0.218. The minimum absolute atomic E-state index is 2.16. The van der Waals surface area contributed by atoms with E-state index in [0.29, 0.717) is 0 Å². The van der Waals surface area contributed by atoms with E-state index in [2.05, 4.69) is 23.2 Å². The van der Waals surface area contributed by atoms with Crippen molar-refractivity contribution in [2.75, 3.05) is 0 Å². The molecule has 0 aromatic heterocycles. The van der Waals surface area contributed by atoms with Gasteiger partial charge < -0.3 is 0 Å². The van der Waals surface area contributed by atoms with Gasteiger partial charge in [0, 0.05) is 0 Å². The fraction of sp³-hybridized carbons (Fsp3) is 1.00. The molecule has 0 aromatic carbocycles. The van der Waals surface area contributed by atoms with E-state index in [9.17, 15) is 26.3 Å². The van der Waals surface area contributed by atoms with E-state index in [4.69, 9.17) is 0 Å². The standard InChI is InChI=1S/C5H2Cl2F6/c6-2(8)1-3(9,10)5(12,13)4(2,7)11/h1H2/t2-,4+/m0/s1. The summed E-state index contributed by atoms with van der Waals surface area (Å²) in [5.74, 6) is -10.2. The summed E-state index contributed by atoms with van der Waals surface area (Å²) in [7, 11) is 0. The zero-order valence-corrected chi connectivity index (χ0v) is 7.24. The van der Waals surface area contributed by atoms with Crippen molar-refractivity contribution in [1.29, 1.82) is 0 Å². The van der Waals surface area contributed by atoms with Gasteiger partial charge in [-0.3, -0.25) is 0 Å². The highest BCUT2D eigenvalue weighted by atomic mass is 35.5. The van der Waals surface area contributed by atoms with Crippen molar-refractivity contribution < 1.29 is 26.3 Å². The summed E-state index contributed by atoms with van der Waals surface area (Å²) in [5.41, 5.74) is 0. The van der Waals surface area contributed by atoms with Crippen molar-refractivity contribution in [2.45, 2.75) is 28.5 Å². The van der Waals surface area contributed by atoms with Gasteiger partial charge in [-0.2, -0.15) is 17.6 Å². The largest absolute Gasteiger partial charge is 0.361 e. The Morgan fingerprint density at radius 2 is 1.23 bits per heavy atom. The second-order valence-electron chi connectivity index (χ2n) is 2.73. The number of halogens is 8. The average molecular weight is 247 g/mol. The molecule has 1 fully saturated rings. The Morgan fingerprint density at radius 3 is 1.31 bits per heavy atom. The Morgan fingerprint density at radius 1 is 0.846 bits per heavy atom. The van der Waals surface area contributed by atoms with Gasteiger partial charge in [-0.25, -0.2) is 8.78 Å². The lowest BCUT2D eigenvalue weighted by Crippen LogP contribution is -2.49. The Hall–Kier alpha value is 0.160. The molecule has 0 aromatic rings. The molecule has 0 spiro atoms. The van der Waals surface area contributed by atoms with E-state index in [0.717, 1.165) is 0 Å². The van der Waals surface area contributed by atoms with Crippen molar-refractivity contribution in [3.05, 3.63) is 0 Å². The SMILES string of the molecule is FC1(F)C[C@@](F)(Cl)[C@](F)(Cl)C1(F)F. The molecule has 0 aliphatic heterocycles. The molecule has 0 heterocycles. The lowest BCUT2D eigenvalue weighted by Gasteiger charge is -2.26. The van der Waals surface area contributed by atoms with Crippen LogP contribution < -0.4 is 0 Å². The number of rotatable bonds is 0. The quantitative estimate of drug-likeness (QED) is 0.454. The zero-order chi connectivity index (χ0) is 10.7. The smallest absolute Gasteiger partial charge is 0.221 e. The van der Waals surface area contributed by atoms with Crippen LogP contribution in [0.4, 0.5) is 26.3 Å². The molecule has 0 amide bonds. The van der Waals surface area contributed by atoms with Crippen molar-refractivity contribution in [3.63, 3.8) is 0 Å². The van der Waals surface area contributed by atoms with Crippen LogP contribution in [0.2, 0.25) is 0 Å². The summed E-state index contributed by atoms with van der Waals surface area (Å²) in [4.78, 5) is 0. The first-order valence-corrected chi connectivity index (χ1v) is 3.72. The predicted octanol–water partition coefficient (Wildman–Crippen LogP) is 3.47. The van der Waals surface area contributed by atoms with Crippen LogP contribution in [0, 0.1) is 0 Å². The van der Waals surface area contributed by atoms with E-state index < -0.39 is 28.5 Å². The fourth-order valence-electron chi connectivity index (χ4n) is 0.960. The van der Waals surface area contributed by atoms with E-state index in [-0.39, 0.29) is 0 Å². The molecule has 0 N–H and O–H groups in total. The molecule has 13 heavy (non-hydrogen) atoms. The van der Waals surface area contributed by atoms with E-state index in [1.54, 1.807) is 0 Å². The summed E-state index contributed by atoms with van der Waals surface area (Å²) in [6.07, 6.45) is -2.16. The van der Waals surface area contributed by atoms with Crippen LogP contribution in [0.15, 0.2) is 0 Å². The third-order valence-electron chi connectivity index (χ3n) is 1.76. The van der Waals surface area contributed by atoms with Crippen LogP contribution in [-0.2, 0) is 0 Å². The first-order valence-electron chi connectivity index (χ1n) is 2.97. The zero-order valence-electron chi connectivity index (χ0n) is 5.73. The highest BCUT2D eigenvalue weighted by Gasteiger charge is 2.85. The van der Waals surface area contributed by atoms with Crippen molar-refractivity contribution in [1.82, 2.24) is 0 Å². The first kappa shape index (κ1) is 11.2. The minimum atomic E-state index is -5.32. The summed E-state index contributed by atoms with van der Waals surface area (Å²) < 4.78 is 74.8. The van der Waals surface area contributed by atoms with Gasteiger partial charge in [0.25, 0.3) is 5.13 Å². The normalized spacial score (nSPS) is 48.0. The number of alkyl halides is 8.